The Morgan fingerprint density at radius 2 is 1.93 bits per heavy atom. The zero-order valence-electron chi connectivity index (χ0n) is 16.3. The first-order valence-electron chi connectivity index (χ1n) is 9.42. The maximum absolute atomic E-state index is 14.3. The Bertz CT molecular complexity index is 1180. The fourth-order valence-corrected chi connectivity index (χ4v) is 3.52. The monoisotopic (exact) mass is 422 g/mol. The summed E-state index contributed by atoms with van der Waals surface area (Å²) in [7, 11) is 1.77. The van der Waals surface area contributed by atoms with Crippen LogP contribution in [-0.2, 0) is 19.0 Å². The van der Waals surface area contributed by atoms with Crippen molar-refractivity contribution >= 4 is 10.9 Å². The van der Waals surface area contributed by atoms with Crippen LogP contribution in [0.2, 0.25) is 0 Å². The summed E-state index contributed by atoms with van der Waals surface area (Å²) >= 11 is 0. The molecular weight excluding hydrogens is 403 g/mol. The van der Waals surface area contributed by atoms with Crippen molar-refractivity contribution in [2.45, 2.75) is 44.6 Å². The average Bonchev–Trinajstić information content (AvgIpc) is 3.52. The molecule has 4 nitrogen and oxygen atoms in total. The summed E-state index contributed by atoms with van der Waals surface area (Å²) in [5, 5.41) is 0.505. The molecule has 1 aliphatic rings. The number of nitrogens with zero attached hydrogens (tertiary/aromatic N) is 4. The smallest absolute Gasteiger partial charge is 0.266 e. The summed E-state index contributed by atoms with van der Waals surface area (Å²) in [6.07, 6.45) is -3.24. The second-order valence-electron chi connectivity index (χ2n) is 7.52. The van der Waals surface area contributed by atoms with Crippen LogP contribution < -0.4 is 5.49 Å². The van der Waals surface area contributed by atoms with Gasteiger partial charge in [-0.05, 0) is 25.8 Å². The number of hydrogen-bond acceptors (Lipinski definition) is 3. The second kappa shape index (κ2) is 7.45. The highest BCUT2D eigenvalue weighted by atomic mass is 19.3. The second-order valence-corrected chi connectivity index (χ2v) is 7.52. The molecule has 0 amide bonds. The van der Waals surface area contributed by atoms with Gasteiger partial charge in [-0.3, -0.25) is 9.98 Å². The third-order valence-electron chi connectivity index (χ3n) is 5.70. The zero-order valence-corrected chi connectivity index (χ0v) is 16.3. The van der Waals surface area contributed by atoms with E-state index in [1.165, 1.54) is 18.3 Å². The maximum atomic E-state index is 14.3. The molecule has 0 aliphatic heterocycles. The first-order chi connectivity index (χ1) is 14.2. The minimum atomic E-state index is -2.93. The third-order valence-corrected chi connectivity index (χ3v) is 5.70. The Hall–Kier alpha value is -2.84. The van der Waals surface area contributed by atoms with Crippen molar-refractivity contribution in [3.63, 3.8) is 0 Å². The number of pyridine rings is 1. The first kappa shape index (κ1) is 20.4. The first-order valence-corrected chi connectivity index (χ1v) is 9.42. The van der Waals surface area contributed by atoms with Crippen LogP contribution in [0, 0.1) is 12.7 Å². The zero-order chi connectivity index (χ0) is 21.6. The lowest BCUT2D eigenvalue weighted by Gasteiger charge is -2.15. The number of benzene rings is 1. The summed E-state index contributed by atoms with van der Waals surface area (Å²) in [5.74, 6) is -0.414. The van der Waals surface area contributed by atoms with Crippen LogP contribution in [0.3, 0.4) is 0 Å². The molecule has 0 bridgehead atoms. The molecule has 1 aromatic carbocycles. The van der Waals surface area contributed by atoms with Gasteiger partial charge < -0.3 is 4.57 Å². The van der Waals surface area contributed by atoms with E-state index in [0.717, 1.165) is 6.07 Å². The van der Waals surface area contributed by atoms with Gasteiger partial charge in [0.15, 0.2) is 5.49 Å². The number of fused-ring (bicyclic) bond motifs is 1. The lowest BCUT2D eigenvalue weighted by Crippen LogP contribution is -2.22. The van der Waals surface area contributed by atoms with Gasteiger partial charge in [-0.25, -0.2) is 26.9 Å². The summed E-state index contributed by atoms with van der Waals surface area (Å²) < 4.78 is 69.1. The van der Waals surface area contributed by atoms with E-state index in [0.29, 0.717) is 29.6 Å². The number of halogens is 5. The number of aryl methyl sites for hydroxylation is 2. The van der Waals surface area contributed by atoms with E-state index in [2.05, 4.69) is 15.0 Å². The summed E-state index contributed by atoms with van der Waals surface area (Å²) in [4.78, 5) is 13.0. The average molecular weight is 422 g/mol. The summed E-state index contributed by atoms with van der Waals surface area (Å²) in [5.41, 5.74) is -0.775. The molecule has 1 fully saturated rings. The molecule has 2 aromatic heterocycles. The van der Waals surface area contributed by atoms with Crippen LogP contribution in [0.15, 0.2) is 35.5 Å². The minimum Gasteiger partial charge on any atom is -0.331 e. The van der Waals surface area contributed by atoms with Gasteiger partial charge in [-0.2, -0.15) is 0 Å². The molecule has 158 valence electrons. The predicted molar refractivity (Wildman–Crippen MR) is 101 cm³/mol. The van der Waals surface area contributed by atoms with E-state index >= 15 is 0 Å². The van der Waals surface area contributed by atoms with E-state index in [1.54, 1.807) is 24.6 Å². The van der Waals surface area contributed by atoms with Gasteiger partial charge in [-0.1, -0.05) is 18.2 Å². The molecule has 4 rings (SSSR count). The van der Waals surface area contributed by atoms with Gasteiger partial charge in [0.25, 0.3) is 6.43 Å². The number of rotatable bonds is 5. The lowest BCUT2D eigenvalue weighted by atomic mass is 10.0. The van der Waals surface area contributed by atoms with Crippen LogP contribution >= 0.6 is 0 Å². The van der Waals surface area contributed by atoms with Gasteiger partial charge in [0, 0.05) is 18.0 Å². The van der Waals surface area contributed by atoms with Gasteiger partial charge >= 0.3 is 0 Å². The van der Waals surface area contributed by atoms with Crippen molar-refractivity contribution in [1.29, 1.82) is 0 Å². The highest BCUT2D eigenvalue weighted by molar-refractivity contribution is 5.78. The molecule has 1 saturated carbocycles. The molecule has 0 atom stereocenters. The van der Waals surface area contributed by atoms with Gasteiger partial charge in [0.1, 0.15) is 11.6 Å². The van der Waals surface area contributed by atoms with Gasteiger partial charge in [0.05, 0.1) is 34.9 Å². The largest absolute Gasteiger partial charge is 0.331 e. The Balaban J connectivity index is 1.84. The Morgan fingerprint density at radius 1 is 1.20 bits per heavy atom. The van der Waals surface area contributed by atoms with E-state index in [9.17, 15) is 22.0 Å². The number of aromatic nitrogens is 3. The van der Waals surface area contributed by atoms with E-state index in [-0.39, 0.29) is 23.3 Å². The molecular formula is C21H19F5N4. The highest BCUT2D eigenvalue weighted by Crippen LogP contribution is 2.52. The van der Waals surface area contributed by atoms with Gasteiger partial charge in [0.2, 0.25) is 6.43 Å². The van der Waals surface area contributed by atoms with Crippen molar-refractivity contribution in [2.24, 2.45) is 12.0 Å². The number of hydrogen-bond donors (Lipinski definition) is 0. The van der Waals surface area contributed by atoms with Crippen molar-refractivity contribution in [3.05, 3.63) is 64.4 Å². The van der Waals surface area contributed by atoms with Crippen molar-refractivity contribution in [1.82, 2.24) is 14.5 Å². The van der Waals surface area contributed by atoms with E-state index in [1.807, 2.05) is 0 Å². The molecule has 3 aromatic rings. The van der Waals surface area contributed by atoms with Crippen molar-refractivity contribution in [3.8, 4) is 0 Å². The molecule has 2 heterocycles. The quantitative estimate of drug-likeness (QED) is 0.557. The summed E-state index contributed by atoms with van der Waals surface area (Å²) in [6.45, 7) is 1.53. The van der Waals surface area contributed by atoms with Crippen molar-refractivity contribution in [2.75, 3.05) is 0 Å². The maximum Gasteiger partial charge on any atom is 0.266 e. The molecule has 0 spiro atoms. The fourth-order valence-electron chi connectivity index (χ4n) is 3.52. The minimum absolute atomic E-state index is 0.00848. The number of alkyl halides is 4. The van der Waals surface area contributed by atoms with Crippen LogP contribution in [0.4, 0.5) is 22.0 Å². The normalized spacial score (nSPS) is 16.1. The van der Waals surface area contributed by atoms with Crippen LogP contribution in [0.5, 0.6) is 0 Å². The third kappa shape index (κ3) is 3.36. The molecule has 1 aliphatic carbocycles. The summed E-state index contributed by atoms with van der Waals surface area (Å²) in [6, 6.07) is 5.32. The lowest BCUT2D eigenvalue weighted by molar-refractivity contribution is 0.0999. The molecule has 0 saturated heterocycles. The van der Waals surface area contributed by atoms with Crippen LogP contribution in [0.1, 0.15) is 41.9 Å². The Kier molecular flexibility index (Phi) is 5.07. The topological polar surface area (TPSA) is 43.1 Å². The van der Waals surface area contributed by atoms with Crippen molar-refractivity contribution < 1.29 is 22.0 Å². The predicted octanol–water partition coefficient (Wildman–Crippen LogP) is 4.75. The molecule has 0 N–H and O–H groups in total. The van der Waals surface area contributed by atoms with E-state index in [4.69, 9.17) is 0 Å². The Labute approximate surface area is 169 Å². The van der Waals surface area contributed by atoms with E-state index < -0.39 is 29.6 Å². The molecule has 9 heteroatoms. The highest BCUT2D eigenvalue weighted by Gasteiger charge is 2.53. The standard InChI is InChI=1S/C21H19F5N4/c1-11-29-19(28-9-12-4-3-5-13(17(12)22)18(23)24)14-8-16(21(6-7-21)20(25)26)27-10-15(14)30(11)2/h3-5,8,10,18,20H,6-7,9H2,1-2H3. The Morgan fingerprint density at radius 3 is 2.57 bits per heavy atom. The van der Waals surface area contributed by atoms with Crippen LogP contribution in [-0.4, -0.2) is 21.0 Å². The van der Waals surface area contributed by atoms with Crippen LogP contribution in [0.25, 0.3) is 10.9 Å². The SMILES string of the molecule is Cc1nc(=NCc2cccc(C(F)F)c2F)c2cc(C3(C(F)F)CC3)ncc2n1C. The van der Waals surface area contributed by atoms with Gasteiger partial charge in [-0.15, -0.1) is 0 Å². The fraction of sp³-hybridized carbons (Fsp3) is 0.381. The molecule has 0 radical (unpaired) electrons. The molecule has 0 unspecified atom stereocenters. The molecule has 30 heavy (non-hydrogen) atoms.